The topological polar surface area (TPSA) is 201 Å². The molecule has 2 aromatic heterocycles. The van der Waals surface area contributed by atoms with Crippen molar-refractivity contribution in [2.45, 2.75) is 120 Å². The Morgan fingerprint density at radius 1 is 1.01 bits per heavy atom. The molecule has 2 saturated heterocycles. The van der Waals surface area contributed by atoms with E-state index in [1.807, 2.05) is 53.6 Å². The molecule has 5 heterocycles. The van der Waals surface area contributed by atoms with Gasteiger partial charge >= 0.3 is 0 Å². The number of fused-ring (bicyclic) bond motifs is 3. The molecule has 2 aromatic carbocycles. The number of carbonyl (C=O) groups is 4. The number of sulfonamides is 1. The van der Waals surface area contributed by atoms with Gasteiger partial charge in [-0.25, -0.2) is 18.4 Å². The maximum atomic E-state index is 15.3. The number of anilines is 1. The number of ether oxygens (including phenoxy) is 2. The summed E-state index contributed by atoms with van der Waals surface area (Å²) >= 11 is 1.49. The van der Waals surface area contributed by atoms with E-state index in [-0.39, 0.29) is 37.1 Å². The van der Waals surface area contributed by atoms with Crippen LogP contribution in [0.25, 0.3) is 21.6 Å². The Bertz CT molecular complexity index is 2750. The predicted octanol–water partition coefficient (Wildman–Crippen LogP) is 6.07. The summed E-state index contributed by atoms with van der Waals surface area (Å²) in [6.45, 7) is 10.4. The standard InChI is InChI=1S/C50H62N8O8S2/c1-30(2)39-29-67-45(54-39)38-26-42(36-16-17-41(65-5)31(3)43(36)53-38)66-35-25-40-44(59)55-50(48(62)56-68(63,64)49(4)18-19-49)27-33(50)13-9-7-6-8-10-15-37(47(61)58(40)28-35)52-34-14-11-12-32(24-34)46(60)57-22-20-51-21-23-57/h9,11-14,16-17,24,26,29-30,33,35,37,40,51-52H,6-8,10,15,18-23,25,27-28H2,1-5H3,(H,55,59)(H,56,62)/t33-,35-,37+,40+,50-/m1/s1. The molecule has 5 atom stereocenters. The Labute approximate surface area is 402 Å². The van der Waals surface area contributed by atoms with Gasteiger partial charge in [0.2, 0.25) is 21.8 Å². The number of methoxy groups -OCH3 is 1. The van der Waals surface area contributed by atoms with Crippen LogP contribution in [0.15, 0.2) is 60.0 Å². The molecule has 0 bridgehead atoms. The zero-order valence-corrected chi connectivity index (χ0v) is 41.1. The lowest BCUT2D eigenvalue weighted by atomic mass is 10.0. The molecule has 5 aliphatic rings. The van der Waals surface area contributed by atoms with Gasteiger partial charge in [-0.1, -0.05) is 44.9 Å². The summed E-state index contributed by atoms with van der Waals surface area (Å²) in [6.07, 6.45) is 7.90. The monoisotopic (exact) mass is 966 g/mol. The largest absolute Gasteiger partial charge is 0.496 e. The van der Waals surface area contributed by atoms with Crippen molar-refractivity contribution in [2.75, 3.05) is 45.2 Å². The first-order valence-corrected chi connectivity index (χ1v) is 26.3. The maximum absolute atomic E-state index is 15.3. The van der Waals surface area contributed by atoms with Crippen molar-refractivity contribution in [2.24, 2.45) is 5.92 Å². The van der Waals surface area contributed by atoms with Gasteiger partial charge in [0.1, 0.15) is 45.9 Å². The zero-order valence-electron chi connectivity index (χ0n) is 39.4. The summed E-state index contributed by atoms with van der Waals surface area (Å²) in [5.41, 5.74) is 2.62. The summed E-state index contributed by atoms with van der Waals surface area (Å²) in [5.74, 6) is -0.834. The second-order valence-corrected chi connectivity index (χ2v) is 22.6. The molecular weight excluding hydrogens is 905 g/mol. The smallest absolute Gasteiger partial charge is 0.259 e. The van der Waals surface area contributed by atoms with Crippen molar-refractivity contribution in [3.63, 3.8) is 0 Å². The number of nitrogens with one attached hydrogen (secondary N) is 4. The Kier molecular flexibility index (Phi) is 13.3. The van der Waals surface area contributed by atoms with Crippen LogP contribution in [0, 0.1) is 12.8 Å². The molecule has 68 heavy (non-hydrogen) atoms. The number of thiazole rings is 1. The first kappa shape index (κ1) is 47.5. The molecule has 4 N–H and O–H groups in total. The van der Waals surface area contributed by atoms with E-state index in [0.29, 0.717) is 92.2 Å². The molecule has 18 heteroatoms. The normalized spacial score (nSPS) is 25.1. The number of benzene rings is 2. The molecule has 362 valence electrons. The predicted molar refractivity (Wildman–Crippen MR) is 261 cm³/mol. The number of hydrogen-bond acceptors (Lipinski definition) is 13. The Morgan fingerprint density at radius 2 is 1.81 bits per heavy atom. The van der Waals surface area contributed by atoms with Crippen molar-refractivity contribution >= 4 is 61.6 Å². The summed E-state index contributed by atoms with van der Waals surface area (Å²) in [6, 6.07) is 10.9. The fraction of sp³-hybridized carbons (Fsp3) is 0.520. The van der Waals surface area contributed by atoms with Gasteiger partial charge in [-0.05, 0) is 88.6 Å². The highest BCUT2D eigenvalue weighted by molar-refractivity contribution is 7.91. The molecule has 0 radical (unpaired) electrons. The minimum Gasteiger partial charge on any atom is -0.496 e. The lowest BCUT2D eigenvalue weighted by Gasteiger charge is -2.30. The Morgan fingerprint density at radius 3 is 2.54 bits per heavy atom. The minimum absolute atomic E-state index is 0.0366. The van der Waals surface area contributed by atoms with E-state index in [0.717, 1.165) is 34.5 Å². The fourth-order valence-electron chi connectivity index (χ4n) is 9.60. The van der Waals surface area contributed by atoms with Gasteiger partial charge in [0.25, 0.3) is 11.8 Å². The number of allylic oxidation sites excluding steroid dienone is 1. The third-order valence-corrected chi connectivity index (χ3v) is 17.4. The van der Waals surface area contributed by atoms with E-state index in [4.69, 9.17) is 19.4 Å². The highest BCUT2D eigenvalue weighted by Gasteiger charge is 2.63. The lowest BCUT2D eigenvalue weighted by molar-refractivity contribution is -0.140. The van der Waals surface area contributed by atoms with Crippen LogP contribution in [0.4, 0.5) is 5.69 Å². The van der Waals surface area contributed by atoms with Crippen LogP contribution < -0.4 is 30.1 Å². The molecule has 2 saturated carbocycles. The van der Waals surface area contributed by atoms with Gasteiger partial charge in [0, 0.05) is 72.2 Å². The van der Waals surface area contributed by atoms with Crippen LogP contribution >= 0.6 is 11.3 Å². The Hall–Kier alpha value is -5.59. The number of piperazine rings is 1. The van der Waals surface area contributed by atoms with Gasteiger partial charge in [0.05, 0.1) is 29.6 Å². The number of carbonyl (C=O) groups excluding carboxylic acids is 4. The maximum Gasteiger partial charge on any atom is 0.259 e. The van der Waals surface area contributed by atoms with E-state index in [1.54, 1.807) is 37.1 Å². The van der Waals surface area contributed by atoms with Crippen LogP contribution in [0.5, 0.6) is 11.5 Å². The van der Waals surface area contributed by atoms with Gasteiger partial charge in [-0.2, -0.15) is 0 Å². The van der Waals surface area contributed by atoms with Crippen LogP contribution in [-0.2, 0) is 24.4 Å². The van der Waals surface area contributed by atoms with Crippen molar-refractivity contribution in [3.8, 4) is 22.2 Å². The number of amides is 4. The van der Waals surface area contributed by atoms with Gasteiger partial charge in [-0.3, -0.25) is 23.9 Å². The van der Waals surface area contributed by atoms with Crippen LogP contribution in [0.3, 0.4) is 0 Å². The summed E-state index contributed by atoms with van der Waals surface area (Å²) in [4.78, 5) is 71.3. The third-order valence-electron chi connectivity index (χ3n) is 14.3. The summed E-state index contributed by atoms with van der Waals surface area (Å²) in [5, 5.41) is 13.2. The van der Waals surface area contributed by atoms with E-state index < -0.39 is 56.2 Å². The van der Waals surface area contributed by atoms with Gasteiger partial charge in [0.15, 0.2) is 0 Å². The first-order chi connectivity index (χ1) is 32.6. The lowest BCUT2D eigenvalue weighted by Crippen LogP contribution is -2.58. The second-order valence-electron chi connectivity index (χ2n) is 19.6. The average molecular weight is 967 g/mol. The number of pyridine rings is 1. The van der Waals surface area contributed by atoms with E-state index in [9.17, 15) is 22.8 Å². The number of aryl methyl sites for hydroxylation is 1. The van der Waals surface area contributed by atoms with Crippen molar-refractivity contribution in [1.29, 1.82) is 0 Å². The summed E-state index contributed by atoms with van der Waals surface area (Å²) < 4.78 is 40.7. The highest BCUT2D eigenvalue weighted by atomic mass is 32.2. The van der Waals surface area contributed by atoms with E-state index in [2.05, 4.69) is 34.5 Å². The molecule has 9 rings (SSSR count). The van der Waals surface area contributed by atoms with Crippen molar-refractivity contribution < 1.29 is 37.1 Å². The molecule has 0 spiro atoms. The fourth-order valence-corrected chi connectivity index (χ4v) is 11.8. The number of aromatic nitrogens is 2. The van der Waals surface area contributed by atoms with Crippen molar-refractivity contribution in [1.82, 2.24) is 35.1 Å². The molecule has 4 aromatic rings. The Balaban J connectivity index is 1.06. The molecule has 0 unspecified atom stereocenters. The highest BCUT2D eigenvalue weighted by Crippen LogP contribution is 2.48. The summed E-state index contributed by atoms with van der Waals surface area (Å²) in [7, 11) is -2.41. The third kappa shape index (κ3) is 9.55. The van der Waals surface area contributed by atoms with E-state index in [1.165, 1.54) is 11.3 Å². The first-order valence-electron chi connectivity index (χ1n) is 23.9. The van der Waals surface area contributed by atoms with Gasteiger partial charge in [-0.15, -0.1) is 11.3 Å². The van der Waals surface area contributed by atoms with E-state index >= 15 is 4.79 Å². The zero-order chi connectivity index (χ0) is 48.0. The molecule has 16 nitrogen and oxygen atoms in total. The number of rotatable bonds is 11. The molecule has 2 aliphatic carbocycles. The average Bonchev–Trinajstić information content (AvgIpc) is 4.10. The second kappa shape index (κ2) is 19.1. The number of nitrogens with zero attached hydrogens (tertiary/aromatic N) is 4. The number of hydrogen-bond donors (Lipinski definition) is 4. The van der Waals surface area contributed by atoms with Crippen molar-refractivity contribution in [3.05, 3.63) is 76.8 Å². The minimum atomic E-state index is -4.02. The van der Waals surface area contributed by atoms with Crippen LogP contribution in [0.1, 0.15) is 106 Å². The SMILES string of the molecule is COc1ccc2c(O[C@@H]3C[C@H]4C(=O)N[C@]5(C(=O)NS(=O)(=O)C6(C)CC6)C[C@H]5C=CCCCCC[C@H](Nc5cccc(C(=O)N6CCNCC6)c5)C(=O)N4C3)cc(-c3nc(C(C)C)cs3)nc2c1C. The van der Waals surface area contributed by atoms with Crippen LogP contribution in [0.2, 0.25) is 0 Å². The molecule has 4 fully saturated rings. The molecule has 4 amide bonds. The molecular formula is C50H62N8O8S2. The molecule has 3 aliphatic heterocycles. The quantitative estimate of drug-likeness (QED) is 0.127. The van der Waals surface area contributed by atoms with Gasteiger partial charge < -0.3 is 35.2 Å². The van der Waals surface area contributed by atoms with Crippen LogP contribution in [-0.4, -0.2) is 120 Å².